The number of likely N-dealkylation sites (N-methyl/N-ethyl adjacent to an activating group) is 2. The highest BCUT2D eigenvalue weighted by molar-refractivity contribution is 6.04. The number of rotatable bonds is 7. The topological polar surface area (TPSA) is 119 Å². The molecule has 4 rings (SSSR count). The quantitative estimate of drug-likeness (QED) is 0.307. The molecule has 0 aromatic rings. The van der Waals surface area contributed by atoms with E-state index < -0.39 is 47.2 Å². The number of esters is 1. The molecule has 12 nitrogen and oxygen atoms in total. The number of carbonyl (C=O) groups excluding carboxylic acids is 2. The van der Waals surface area contributed by atoms with Gasteiger partial charge in [0.1, 0.15) is 18.1 Å². The number of Topliss-reactive ketones (excluding diaryl/α,β-unsaturated/α-hetero) is 1. The molecule has 0 amide bonds. The molecule has 1 N–H and O–H groups in total. The van der Waals surface area contributed by atoms with E-state index in [0.29, 0.717) is 25.4 Å². The van der Waals surface area contributed by atoms with Crippen LogP contribution >= 0.6 is 0 Å². The number of likely N-dealkylation sites (tertiary alicyclic amines) is 1. The highest BCUT2D eigenvalue weighted by atomic mass is 16.7. The smallest absolute Gasteiger partial charge is 0.319 e. The summed E-state index contributed by atoms with van der Waals surface area (Å²) in [7, 11) is 7.62. The lowest BCUT2D eigenvalue weighted by atomic mass is 9.74. The zero-order chi connectivity index (χ0) is 37.3. The third kappa shape index (κ3) is 9.28. The van der Waals surface area contributed by atoms with E-state index in [2.05, 4.69) is 30.7 Å². The van der Waals surface area contributed by atoms with Crippen molar-refractivity contribution in [3.05, 3.63) is 0 Å². The first-order valence-electron chi connectivity index (χ1n) is 18.9. The number of nitrogens with zero attached hydrogens (tertiary/aromatic N) is 3. The summed E-state index contributed by atoms with van der Waals surface area (Å²) in [6.45, 7) is 20.7. The Hall–Kier alpha value is -1.22. The van der Waals surface area contributed by atoms with Crippen LogP contribution in [0.15, 0.2) is 0 Å². The minimum atomic E-state index is -1.43. The van der Waals surface area contributed by atoms with Crippen LogP contribution in [0.1, 0.15) is 88.0 Å². The average molecular weight is 712 g/mol. The maximum Gasteiger partial charge on any atom is 0.319 e. The Morgan fingerprint density at radius 3 is 2.22 bits per heavy atom. The molecule has 4 fully saturated rings. The number of piperidine rings is 1. The second-order valence-electron chi connectivity index (χ2n) is 17.3. The molecule has 0 saturated carbocycles. The SMILES string of the molecule is CO[C@]1(C)C[C@@H](C)CN(C)[C@@H](C2CCN(C(C)[C@H]3COC(C)(C)O3)CC2)COC(=O)C(C)(C)C(=O)[C@H](C)[C@H]1O[C@@H]1O[C@H](C)C[C@H](N(C)C)[C@H]1O. The van der Waals surface area contributed by atoms with Crippen molar-refractivity contribution in [2.24, 2.45) is 23.2 Å². The third-order valence-electron chi connectivity index (χ3n) is 12.2. The number of hydrogen-bond acceptors (Lipinski definition) is 12. The fourth-order valence-corrected chi connectivity index (χ4v) is 8.96. The van der Waals surface area contributed by atoms with Crippen molar-refractivity contribution in [3.63, 3.8) is 0 Å². The molecule has 1 unspecified atom stereocenters. The molecule has 0 radical (unpaired) electrons. The third-order valence-corrected chi connectivity index (χ3v) is 12.2. The highest BCUT2D eigenvalue weighted by Crippen LogP contribution is 2.39. The number of aliphatic hydroxyl groups excluding tert-OH is 1. The second kappa shape index (κ2) is 16.4. The lowest BCUT2D eigenvalue weighted by Gasteiger charge is -2.47. The maximum absolute atomic E-state index is 14.3. The fraction of sp³-hybridized carbons (Fsp3) is 0.947. The Bertz CT molecular complexity index is 1140. The normalized spacial score (nSPS) is 40.9. The molecule has 290 valence electrons. The van der Waals surface area contributed by atoms with E-state index in [4.69, 9.17) is 28.4 Å². The van der Waals surface area contributed by atoms with Gasteiger partial charge in [0, 0.05) is 37.7 Å². The minimum absolute atomic E-state index is 0.0102. The summed E-state index contributed by atoms with van der Waals surface area (Å²) in [6, 6.07) is 0.0479. The van der Waals surface area contributed by atoms with Gasteiger partial charge in [0.05, 0.1) is 30.5 Å². The predicted octanol–water partition coefficient (Wildman–Crippen LogP) is 3.57. The lowest BCUT2D eigenvalue weighted by Crippen LogP contribution is -2.59. The van der Waals surface area contributed by atoms with E-state index in [-0.39, 0.29) is 48.6 Å². The monoisotopic (exact) mass is 712 g/mol. The summed E-state index contributed by atoms with van der Waals surface area (Å²) in [5.41, 5.74) is -2.36. The Labute approximate surface area is 301 Å². The van der Waals surface area contributed by atoms with Gasteiger partial charge < -0.3 is 38.4 Å². The van der Waals surface area contributed by atoms with Gasteiger partial charge in [-0.25, -0.2) is 0 Å². The van der Waals surface area contributed by atoms with Crippen LogP contribution < -0.4 is 0 Å². The van der Waals surface area contributed by atoms with Gasteiger partial charge >= 0.3 is 5.97 Å². The van der Waals surface area contributed by atoms with Gasteiger partial charge in [0.2, 0.25) is 0 Å². The standard InChI is InChI=1S/C38H69N3O9/c1-23-19-38(9,45-13)33(49-34-31(42)28(39(10)11)18-24(2)48-34)25(3)32(43)36(5,6)35(44)46-21-29(40(12)20-23)27-14-16-41(17-15-27)26(4)30-22-47-37(7,8)50-30/h23-31,33-34,42H,14-22H2,1-13H3/t23-,24-,25+,26?,28+,29-,30-,31-,33-,34+,38-/m1/s1. The largest absolute Gasteiger partial charge is 0.463 e. The molecule has 12 heteroatoms. The summed E-state index contributed by atoms with van der Waals surface area (Å²) < 4.78 is 37.2. The van der Waals surface area contributed by atoms with Crippen LogP contribution in [0.3, 0.4) is 0 Å². The molecule has 0 aromatic carbocycles. The number of cyclic esters (lactones) is 1. The van der Waals surface area contributed by atoms with Crippen LogP contribution in [0, 0.1) is 23.2 Å². The number of carbonyl (C=O) groups is 2. The van der Waals surface area contributed by atoms with Crippen LogP contribution in [0.5, 0.6) is 0 Å². The number of aliphatic hydroxyl groups is 1. The van der Waals surface area contributed by atoms with Crippen molar-refractivity contribution in [3.8, 4) is 0 Å². The van der Waals surface area contributed by atoms with Crippen LogP contribution in [0.25, 0.3) is 0 Å². The Balaban J connectivity index is 1.56. The molecule has 4 aliphatic rings. The van der Waals surface area contributed by atoms with Gasteiger partial charge in [-0.2, -0.15) is 0 Å². The Kier molecular flexibility index (Phi) is 13.6. The number of ether oxygens (including phenoxy) is 6. The van der Waals surface area contributed by atoms with E-state index in [1.54, 1.807) is 27.9 Å². The van der Waals surface area contributed by atoms with Gasteiger partial charge in [-0.3, -0.25) is 19.4 Å². The van der Waals surface area contributed by atoms with Gasteiger partial charge in [-0.1, -0.05) is 13.8 Å². The van der Waals surface area contributed by atoms with Crippen molar-refractivity contribution in [2.75, 3.05) is 61.1 Å². The molecule has 0 aliphatic carbocycles. The van der Waals surface area contributed by atoms with Crippen LogP contribution in [0.4, 0.5) is 0 Å². The molecule has 0 spiro atoms. The number of methoxy groups -OCH3 is 1. The lowest BCUT2D eigenvalue weighted by molar-refractivity contribution is -0.295. The fourth-order valence-electron chi connectivity index (χ4n) is 8.96. The summed E-state index contributed by atoms with van der Waals surface area (Å²) in [5, 5.41) is 11.4. The Morgan fingerprint density at radius 2 is 1.66 bits per heavy atom. The first-order chi connectivity index (χ1) is 23.2. The van der Waals surface area contributed by atoms with Crippen molar-refractivity contribution in [2.45, 2.75) is 148 Å². The molecule has 4 saturated heterocycles. The minimum Gasteiger partial charge on any atom is -0.463 e. The molecule has 0 aromatic heterocycles. The van der Waals surface area contributed by atoms with Crippen molar-refractivity contribution < 1.29 is 43.1 Å². The molecular formula is C38H69N3O9. The zero-order valence-electron chi connectivity index (χ0n) is 33.3. The average Bonchev–Trinajstić information content (AvgIpc) is 3.42. The van der Waals surface area contributed by atoms with Gasteiger partial charge in [0.25, 0.3) is 0 Å². The maximum atomic E-state index is 14.3. The first kappa shape index (κ1) is 41.5. The van der Waals surface area contributed by atoms with E-state index in [1.807, 2.05) is 46.7 Å². The second-order valence-corrected chi connectivity index (χ2v) is 17.3. The molecule has 4 aliphatic heterocycles. The van der Waals surface area contributed by atoms with E-state index in [9.17, 15) is 14.7 Å². The summed E-state index contributed by atoms with van der Waals surface area (Å²) in [4.78, 5) is 35.0. The summed E-state index contributed by atoms with van der Waals surface area (Å²) in [6.07, 6.45) is 0.323. The predicted molar refractivity (Wildman–Crippen MR) is 190 cm³/mol. The van der Waals surface area contributed by atoms with Crippen molar-refractivity contribution in [1.82, 2.24) is 14.7 Å². The van der Waals surface area contributed by atoms with Crippen LogP contribution in [-0.4, -0.2) is 153 Å². The van der Waals surface area contributed by atoms with Gasteiger partial charge in [-0.05, 0) is 120 Å². The molecule has 50 heavy (non-hydrogen) atoms. The molecule has 4 heterocycles. The van der Waals surface area contributed by atoms with Crippen LogP contribution in [0.2, 0.25) is 0 Å². The van der Waals surface area contributed by atoms with Crippen molar-refractivity contribution in [1.29, 1.82) is 0 Å². The number of ketones is 1. The van der Waals surface area contributed by atoms with Gasteiger partial charge in [0.15, 0.2) is 17.9 Å². The number of hydrogen-bond donors (Lipinski definition) is 1. The van der Waals surface area contributed by atoms with Crippen molar-refractivity contribution >= 4 is 11.8 Å². The molecule has 11 atom stereocenters. The van der Waals surface area contributed by atoms with E-state index >= 15 is 0 Å². The highest BCUT2D eigenvalue weighted by Gasteiger charge is 2.52. The van der Waals surface area contributed by atoms with E-state index in [1.165, 1.54) is 0 Å². The molecular weight excluding hydrogens is 642 g/mol. The zero-order valence-corrected chi connectivity index (χ0v) is 33.3. The summed E-state index contributed by atoms with van der Waals surface area (Å²) >= 11 is 0. The van der Waals surface area contributed by atoms with Gasteiger partial charge in [-0.15, -0.1) is 0 Å². The van der Waals surface area contributed by atoms with Crippen LogP contribution in [-0.2, 0) is 38.0 Å². The molecule has 0 bridgehead atoms. The first-order valence-corrected chi connectivity index (χ1v) is 18.9. The van der Waals surface area contributed by atoms with E-state index in [0.717, 1.165) is 32.5 Å². The Morgan fingerprint density at radius 1 is 1.02 bits per heavy atom. The summed E-state index contributed by atoms with van der Waals surface area (Å²) in [5.74, 6) is -1.70.